The van der Waals surface area contributed by atoms with Crippen LogP contribution in [0, 0.1) is 34.0 Å². The Hall–Kier alpha value is -6.87. The van der Waals surface area contributed by atoms with Gasteiger partial charge in [0.25, 0.3) is 0 Å². The van der Waals surface area contributed by atoms with E-state index in [9.17, 15) is 15.8 Å². The van der Waals surface area contributed by atoms with Gasteiger partial charge < -0.3 is 9.47 Å². The molecule has 0 bridgehead atoms. The summed E-state index contributed by atoms with van der Waals surface area (Å²) in [5.41, 5.74) is 11.3. The molecule has 3 unspecified atom stereocenters. The molecule has 5 nitrogen and oxygen atoms in total. The normalized spacial score (nSPS) is 18.7. The van der Waals surface area contributed by atoms with Crippen molar-refractivity contribution in [2.45, 2.75) is 24.3 Å². The fraction of sp³-hybridized carbons (Fsp3) is 0.0889. The van der Waals surface area contributed by atoms with Crippen LogP contribution in [0.4, 0.5) is 11.4 Å². The van der Waals surface area contributed by atoms with Gasteiger partial charge in [0.1, 0.15) is 12.1 Å². The van der Waals surface area contributed by atoms with E-state index in [1.165, 1.54) is 5.56 Å². The third kappa shape index (κ3) is 4.51. The van der Waals surface area contributed by atoms with E-state index in [4.69, 9.17) is 0 Å². The summed E-state index contributed by atoms with van der Waals surface area (Å²) in [6.45, 7) is 0. The smallest absolute Gasteiger partial charge is 0.101 e. The zero-order chi connectivity index (χ0) is 33.8. The van der Waals surface area contributed by atoms with Gasteiger partial charge >= 0.3 is 0 Å². The molecule has 50 heavy (non-hydrogen) atoms. The van der Waals surface area contributed by atoms with Crippen LogP contribution in [-0.4, -0.2) is 10.6 Å². The third-order valence-corrected chi connectivity index (χ3v) is 10.4. The van der Waals surface area contributed by atoms with Crippen LogP contribution in [0.25, 0.3) is 33.1 Å². The molecule has 5 heteroatoms. The van der Waals surface area contributed by atoms with Crippen LogP contribution in [0.1, 0.15) is 51.6 Å². The number of aromatic nitrogens is 1. The SMILES string of the molecule is N#Cc1ccc2c(c1)c1ccccc1n2-c1cccc(C2=CCC(c3cc(C#N)c(C#N)cc3N3c4ccccc4C4C=CC=CC43)C=C2)c1. The van der Waals surface area contributed by atoms with Gasteiger partial charge in [-0.25, -0.2) is 0 Å². The lowest BCUT2D eigenvalue weighted by molar-refractivity contribution is 0.737. The quantitative estimate of drug-likeness (QED) is 0.192. The number of hydrogen-bond donors (Lipinski definition) is 0. The molecule has 0 amide bonds. The minimum atomic E-state index is 0.0257. The molecular weight excluding hydrogens is 611 g/mol. The molecule has 0 spiro atoms. The van der Waals surface area contributed by atoms with E-state index < -0.39 is 0 Å². The van der Waals surface area contributed by atoms with Crippen LogP contribution >= 0.6 is 0 Å². The molecule has 234 valence electrons. The van der Waals surface area contributed by atoms with Crippen LogP contribution in [-0.2, 0) is 0 Å². The van der Waals surface area contributed by atoms with Crippen molar-refractivity contribution in [2.24, 2.45) is 0 Å². The van der Waals surface area contributed by atoms with E-state index in [0.717, 1.165) is 62.0 Å². The molecular formula is C45H29N5. The van der Waals surface area contributed by atoms with Gasteiger partial charge in [-0.3, -0.25) is 0 Å². The summed E-state index contributed by atoms with van der Waals surface area (Å²) in [4.78, 5) is 2.36. The Labute approximate surface area is 290 Å². The molecule has 0 fully saturated rings. The van der Waals surface area contributed by atoms with Gasteiger partial charge in [-0.15, -0.1) is 0 Å². The van der Waals surface area contributed by atoms with Crippen molar-refractivity contribution in [3.8, 4) is 23.9 Å². The fourth-order valence-electron chi connectivity index (χ4n) is 8.08. The van der Waals surface area contributed by atoms with Crippen molar-refractivity contribution < 1.29 is 0 Å². The summed E-state index contributed by atoms with van der Waals surface area (Å²) in [6, 6.07) is 42.1. The summed E-state index contributed by atoms with van der Waals surface area (Å²) < 4.78 is 2.27. The summed E-state index contributed by atoms with van der Waals surface area (Å²) >= 11 is 0. The highest BCUT2D eigenvalue weighted by atomic mass is 15.2. The highest BCUT2D eigenvalue weighted by molar-refractivity contribution is 6.09. The Balaban J connectivity index is 1.10. The van der Waals surface area contributed by atoms with Crippen molar-refractivity contribution in [3.63, 3.8) is 0 Å². The van der Waals surface area contributed by atoms with Gasteiger partial charge in [-0.05, 0) is 83.3 Å². The standard InChI is InChI=1S/C45H29N5/c46-26-29-16-21-44-40(22-29)38-12-3-4-13-41(38)49(44)35-9-7-8-32(23-35)30-17-19-31(20-18-30)39-24-33(27-47)34(28-48)25-45(39)50-42-14-5-1-10-36(42)37-11-2-6-15-43(37)50/h1-19,21-25,31,36,42H,20H2. The number of para-hydroxylation sites is 2. The van der Waals surface area contributed by atoms with Crippen molar-refractivity contribution in [1.82, 2.24) is 4.57 Å². The second kappa shape index (κ2) is 11.7. The van der Waals surface area contributed by atoms with Crippen molar-refractivity contribution >= 4 is 38.8 Å². The largest absolute Gasteiger partial charge is 0.333 e. The van der Waals surface area contributed by atoms with E-state index in [1.807, 2.05) is 36.4 Å². The summed E-state index contributed by atoms with van der Waals surface area (Å²) in [5, 5.41) is 31.8. The summed E-state index contributed by atoms with van der Waals surface area (Å²) in [6.07, 6.45) is 16.2. The zero-order valence-corrected chi connectivity index (χ0v) is 27.0. The number of nitrogens with zero attached hydrogens (tertiary/aromatic N) is 5. The molecule has 1 aromatic heterocycles. The highest BCUT2D eigenvalue weighted by Gasteiger charge is 2.38. The van der Waals surface area contributed by atoms with Crippen molar-refractivity contribution in [2.75, 3.05) is 4.90 Å². The molecule has 2 aliphatic carbocycles. The molecule has 0 saturated carbocycles. The Bertz CT molecular complexity index is 2650. The van der Waals surface area contributed by atoms with Gasteiger partial charge in [0.2, 0.25) is 0 Å². The Morgan fingerprint density at radius 2 is 1.42 bits per heavy atom. The molecule has 3 aliphatic rings. The fourth-order valence-corrected chi connectivity index (χ4v) is 8.08. The van der Waals surface area contributed by atoms with E-state index in [2.05, 4.69) is 137 Å². The van der Waals surface area contributed by atoms with Gasteiger partial charge in [0.15, 0.2) is 0 Å². The number of fused-ring (bicyclic) bond motifs is 6. The average molecular weight is 640 g/mol. The minimum Gasteiger partial charge on any atom is -0.333 e. The Morgan fingerprint density at radius 3 is 2.26 bits per heavy atom. The predicted molar refractivity (Wildman–Crippen MR) is 199 cm³/mol. The number of allylic oxidation sites excluding steroid dienone is 6. The summed E-state index contributed by atoms with van der Waals surface area (Å²) in [5.74, 6) is 0.242. The first-order valence-electron chi connectivity index (χ1n) is 16.8. The molecule has 0 N–H and O–H groups in total. The zero-order valence-electron chi connectivity index (χ0n) is 27.0. The summed E-state index contributed by atoms with van der Waals surface area (Å²) in [7, 11) is 0. The Kier molecular flexibility index (Phi) is 6.84. The topological polar surface area (TPSA) is 79.5 Å². The van der Waals surface area contributed by atoms with Gasteiger partial charge in [0, 0.05) is 39.7 Å². The average Bonchev–Trinajstić information content (AvgIpc) is 3.70. The maximum absolute atomic E-state index is 10.1. The van der Waals surface area contributed by atoms with Crippen molar-refractivity contribution in [3.05, 3.63) is 179 Å². The number of rotatable bonds is 4. The monoisotopic (exact) mass is 639 g/mol. The van der Waals surface area contributed by atoms with E-state index in [-0.39, 0.29) is 17.9 Å². The number of benzene rings is 5. The maximum atomic E-state index is 10.1. The Morgan fingerprint density at radius 1 is 0.620 bits per heavy atom. The lowest BCUT2D eigenvalue weighted by Gasteiger charge is -2.32. The van der Waals surface area contributed by atoms with E-state index in [1.54, 1.807) is 0 Å². The lowest BCUT2D eigenvalue weighted by atomic mass is 9.85. The highest BCUT2D eigenvalue weighted by Crippen LogP contribution is 2.50. The van der Waals surface area contributed by atoms with Crippen LogP contribution in [0.5, 0.6) is 0 Å². The van der Waals surface area contributed by atoms with E-state index in [0.29, 0.717) is 16.7 Å². The third-order valence-electron chi connectivity index (χ3n) is 10.4. The molecule has 2 heterocycles. The molecule has 3 atom stereocenters. The first kappa shape index (κ1) is 29.3. The minimum absolute atomic E-state index is 0.0257. The van der Waals surface area contributed by atoms with Gasteiger partial charge in [-0.1, -0.05) is 91.1 Å². The van der Waals surface area contributed by atoms with Crippen LogP contribution < -0.4 is 4.90 Å². The number of nitriles is 3. The van der Waals surface area contributed by atoms with Crippen LogP contribution in [0.3, 0.4) is 0 Å². The maximum Gasteiger partial charge on any atom is 0.101 e. The van der Waals surface area contributed by atoms with Crippen molar-refractivity contribution in [1.29, 1.82) is 15.8 Å². The van der Waals surface area contributed by atoms with Gasteiger partial charge in [-0.2, -0.15) is 15.8 Å². The first-order valence-corrected chi connectivity index (χ1v) is 16.8. The molecule has 0 saturated heterocycles. The van der Waals surface area contributed by atoms with E-state index >= 15 is 0 Å². The lowest BCUT2D eigenvalue weighted by Crippen LogP contribution is -2.29. The van der Waals surface area contributed by atoms with Crippen LogP contribution in [0.2, 0.25) is 0 Å². The second-order valence-corrected chi connectivity index (χ2v) is 13.0. The second-order valence-electron chi connectivity index (χ2n) is 13.0. The number of anilines is 2. The molecule has 0 radical (unpaired) electrons. The first-order chi connectivity index (χ1) is 24.7. The van der Waals surface area contributed by atoms with Crippen LogP contribution in [0.15, 0.2) is 146 Å². The number of hydrogen-bond acceptors (Lipinski definition) is 4. The molecule has 6 aromatic rings. The molecule has 5 aromatic carbocycles. The molecule has 1 aliphatic heterocycles. The molecule has 9 rings (SSSR count). The van der Waals surface area contributed by atoms with Gasteiger partial charge in [0.05, 0.1) is 39.8 Å². The predicted octanol–water partition coefficient (Wildman–Crippen LogP) is 10.3.